The first-order chi connectivity index (χ1) is 11.9. The third-order valence-corrected chi connectivity index (χ3v) is 4.08. The fraction of sp³-hybridized carbons (Fsp3) is 0.111. The van der Waals surface area contributed by atoms with Crippen molar-refractivity contribution >= 4 is 52.7 Å². The Morgan fingerprint density at radius 1 is 1.08 bits per heavy atom. The lowest BCUT2D eigenvalue weighted by molar-refractivity contribution is -0.111. The van der Waals surface area contributed by atoms with Crippen molar-refractivity contribution in [2.75, 3.05) is 24.4 Å². The Balaban J connectivity index is 1.99. The van der Waals surface area contributed by atoms with Gasteiger partial charge in [0, 0.05) is 24.5 Å². The molecule has 130 valence electrons. The van der Waals surface area contributed by atoms with E-state index in [1.807, 2.05) is 0 Å². The Bertz CT molecular complexity index is 804. The van der Waals surface area contributed by atoms with E-state index < -0.39 is 6.09 Å². The maximum atomic E-state index is 12.0. The molecular weight excluding hydrogens is 363 g/mol. The normalized spacial score (nSPS) is 10.6. The number of nitrogens with one attached hydrogen (secondary N) is 1. The Kier molecular flexibility index (Phi) is 6.44. The molecule has 0 saturated carbocycles. The highest BCUT2D eigenvalue weighted by molar-refractivity contribution is 6.42. The van der Waals surface area contributed by atoms with Crippen LogP contribution in [0, 0.1) is 0 Å². The summed E-state index contributed by atoms with van der Waals surface area (Å²) in [5, 5.41) is 3.61. The van der Waals surface area contributed by atoms with Crippen LogP contribution in [-0.2, 0) is 9.53 Å². The van der Waals surface area contributed by atoms with E-state index in [0.29, 0.717) is 21.4 Å². The number of hydrogen-bond donors (Lipinski definition) is 1. The minimum atomic E-state index is -0.471. The Hall–Kier alpha value is -2.50. The summed E-state index contributed by atoms with van der Waals surface area (Å²) in [6.45, 7) is 0. The van der Waals surface area contributed by atoms with Crippen LogP contribution in [-0.4, -0.2) is 26.2 Å². The number of rotatable bonds is 4. The van der Waals surface area contributed by atoms with E-state index in [-0.39, 0.29) is 5.91 Å². The molecule has 0 spiro atoms. The molecule has 0 atom stereocenters. The molecule has 0 aliphatic rings. The van der Waals surface area contributed by atoms with Crippen molar-refractivity contribution < 1.29 is 14.3 Å². The molecule has 2 aromatic carbocycles. The molecular formula is C18H16Cl2N2O3. The summed E-state index contributed by atoms with van der Waals surface area (Å²) in [6.07, 6.45) is 2.56. The Morgan fingerprint density at radius 3 is 2.36 bits per heavy atom. The van der Waals surface area contributed by atoms with Gasteiger partial charge in [-0.3, -0.25) is 9.69 Å². The van der Waals surface area contributed by atoms with Crippen LogP contribution in [0.2, 0.25) is 10.0 Å². The molecule has 0 aromatic heterocycles. The van der Waals surface area contributed by atoms with Crippen molar-refractivity contribution in [2.24, 2.45) is 0 Å². The van der Waals surface area contributed by atoms with Gasteiger partial charge in [0.25, 0.3) is 0 Å². The summed E-state index contributed by atoms with van der Waals surface area (Å²) in [7, 11) is 2.91. The van der Waals surface area contributed by atoms with Gasteiger partial charge in [-0.1, -0.05) is 29.3 Å². The van der Waals surface area contributed by atoms with Gasteiger partial charge in [-0.15, -0.1) is 0 Å². The van der Waals surface area contributed by atoms with Gasteiger partial charge < -0.3 is 10.1 Å². The highest BCUT2D eigenvalue weighted by atomic mass is 35.5. The summed E-state index contributed by atoms with van der Waals surface area (Å²) in [5.74, 6) is -0.292. The minimum Gasteiger partial charge on any atom is -0.452 e. The van der Waals surface area contributed by atoms with E-state index in [2.05, 4.69) is 10.1 Å². The van der Waals surface area contributed by atoms with Crippen molar-refractivity contribution in [2.45, 2.75) is 0 Å². The number of benzene rings is 2. The van der Waals surface area contributed by atoms with Gasteiger partial charge in [0.2, 0.25) is 5.91 Å². The van der Waals surface area contributed by atoms with Gasteiger partial charge in [-0.05, 0) is 48.0 Å². The first-order valence-corrected chi connectivity index (χ1v) is 8.02. The van der Waals surface area contributed by atoms with Crippen molar-refractivity contribution in [1.82, 2.24) is 0 Å². The smallest absolute Gasteiger partial charge is 0.413 e. The lowest BCUT2D eigenvalue weighted by atomic mass is 10.2. The maximum Gasteiger partial charge on any atom is 0.413 e. The number of halogens is 2. The zero-order valence-corrected chi connectivity index (χ0v) is 15.1. The molecule has 0 bridgehead atoms. The van der Waals surface area contributed by atoms with Gasteiger partial charge in [0.05, 0.1) is 17.2 Å². The number of hydrogen-bond acceptors (Lipinski definition) is 3. The molecule has 0 aliphatic heterocycles. The number of nitrogens with zero attached hydrogens (tertiary/aromatic N) is 1. The van der Waals surface area contributed by atoms with E-state index >= 15 is 0 Å². The fourth-order valence-corrected chi connectivity index (χ4v) is 2.29. The molecule has 2 aromatic rings. The first kappa shape index (κ1) is 18.8. The number of carbonyl (C=O) groups excluding carboxylic acids is 2. The van der Waals surface area contributed by atoms with Gasteiger partial charge in [0.15, 0.2) is 0 Å². The zero-order valence-electron chi connectivity index (χ0n) is 13.6. The molecule has 0 fully saturated rings. The lowest BCUT2D eigenvalue weighted by Crippen LogP contribution is -2.25. The molecule has 7 heteroatoms. The molecule has 0 heterocycles. The second-order valence-corrected chi connectivity index (χ2v) is 5.89. The van der Waals surface area contributed by atoms with Crippen molar-refractivity contribution in [1.29, 1.82) is 0 Å². The molecule has 25 heavy (non-hydrogen) atoms. The van der Waals surface area contributed by atoms with Gasteiger partial charge in [0.1, 0.15) is 0 Å². The average molecular weight is 379 g/mol. The largest absolute Gasteiger partial charge is 0.452 e. The number of anilines is 2. The predicted octanol–water partition coefficient (Wildman–Crippen LogP) is 4.85. The summed E-state index contributed by atoms with van der Waals surface area (Å²) >= 11 is 11.8. The zero-order chi connectivity index (χ0) is 18.4. The van der Waals surface area contributed by atoms with Crippen LogP contribution in [0.25, 0.3) is 6.08 Å². The monoisotopic (exact) mass is 378 g/mol. The summed E-state index contributed by atoms with van der Waals surface area (Å²) in [6, 6.07) is 11.9. The van der Waals surface area contributed by atoms with Crippen LogP contribution in [0.4, 0.5) is 16.2 Å². The topological polar surface area (TPSA) is 58.6 Å². The second kappa shape index (κ2) is 8.55. The number of ether oxygens (including phenoxy) is 1. The molecule has 5 nitrogen and oxygen atoms in total. The van der Waals surface area contributed by atoms with E-state index in [1.54, 1.807) is 55.6 Å². The average Bonchev–Trinajstić information content (AvgIpc) is 2.62. The number of methoxy groups -OCH3 is 1. The van der Waals surface area contributed by atoms with Crippen molar-refractivity contribution in [3.05, 3.63) is 64.1 Å². The summed E-state index contributed by atoms with van der Waals surface area (Å²) < 4.78 is 4.64. The minimum absolute atomic E-state index is 0.292. The van der Waals surface area contributed by atoms with Crippen LogP contribution < -0.4 is 10.2 Å². The van der Waals surface area contributed by atoms with Crippen LogP contribution in [0.5, 0.6) is 0 Å². The van der Waals surface area contributed by atoms with Gasteiger partial charge in [-0.25, -0.2) is 4.79 Å². The van der Waals surface area contributed by atoms with E-state index in [0.717, 1.165) is 5.56 Å². The SMILES string of the molecule is COC(=O)N(C)c1ccc(NC(=O)/C=C/c2ccc(Cl)c(Cl)c2)cc1. The van der Waals surface area contributed by atoms with Crippen LogP contribution >= 0.6 is 23.2 Å². The molecule has 0 radical (unpaired) electrons. The molecule has 0 saturated heterocycles. The van der Waals surface area contributed by atoms with E-state index in [9.17, 15) is 9.59 Å². The number of amides is 2. The molecule has 2 amide bonds. The van der Waals surface area contributed by atoms with Crippen molar-refractivity contribution in [3.8, 4) is 0 Å². The Morgan fingerprint density at radius 2 is 1.76 bits per heavy atom. The van der Waals surface area contributed by atoms with Gasteiger partial charge >= 0.3 is 6.09 Å². The highest BCUT2D eigenvalue weighted by Crippen LogP contribution is 2.23. The fourth-order valence-electron chi connectivity index (χ4n) is 1.98. The quantitative estimate of drug-likeness (QED) is 0.773. The van der Waals surface area contributed by atoms with E-state index in [1.165, 1.54) is 18.1 Å². The third-order valence-electron chi connectivity index (χ3n) is 3.34. The van der Waals surface area contributed by atoms with Crippen molar-refractivity contribution in [3.63, 3.8) is 0 Å². The van der Waals surface area contributed by atoms with Crippen LogP contribution in [0.1, 0.15) is 5.56 Å². The molecule has 0 unspecified atom stereocenters. The highest BCUT2D eigenvalue weighted by Gasteiger charge is 2.10. The standard InChI is InChI=1S/C18H16Cl2N2O3/c1-22(18(24)25-2)14-7-5-13(6-8-14)21-17(23)10-4-12-3-9-15(19)16(20)11-12/h3-11H,1-2H3,(H,21,23)/b10-4+. The van der Waals surface area contributed by atoms with Crippen LogP contribution in [0.15, 0.2) is 48.5 Å². The molecule has 2 rings (SSSR count). The predicted molar refractivity (Wildman–Crippen MR) is 101 cm³/mol. The third kappa shape index (κ3) is 5.24. The molecule has 1 N–H and O–H groups in total. The first-order valence-electron chi connectivity index (χ1n) is 7.26. The maximum absolute atomic E-state index is 12.0. The van der Waals surface area contributed by atoms with Gasteiger partial charge in [-0.2, -0.15) is 0 Å². The Labute approximate surface area is 155 Å². The van der Waals surface area contributed by atoms with E-state index in [4.69, 9.17) is 23.2 Å². The number of carbonyl (C=O) groups is 2. The molecule has 0 aliphatic carbocycles. The summed E-state index contributed by atoms with van der Waals surface area (Å²) in [4.78, 5) is 24.8. The van der Waals surface area contributed by atoms with Crippen LogP contribution in [0.3, 0.4) is 0 Å². The lowest BCUT2D eigenvalue weighted by Gasteiger charge is -2.15. The second-order valence-electron chi connectivity index (χ2n) is 5.07. The summed E-state index contributed by atoms with van der Waals surface area (Å²) in [5.41, 5.74) is 2.02.